The van der Waals surface area contributed by atoms with Crippen LogP contribution in [0.15, 0.2) is 42.5 Å². The first-order valence-corrected chi connectivity index (χ1v) is 9.04. The number of hydrogen-bond donors (Lipinski definition) is 1. The molecule has 1 fully saturated rings. The number of likely N-dealkylation sites (tertiary alicyclic amines) is 1. The monoisotopic (exact) mass is 386 g/mol. The first kappa shape index (κ1) is 19.6. The molecule has 0 amide bonds. The summed E-state index contributed by atoms with van der Waals surface area (Å²) in [6, 6.07) is 11.5. The molecule has 1 aliphatic heterocycles. The summed E-state index contributed by atoms with van der Waals surface area (Å²) in [6.07, 6.45) is 2.23. The van der Waals surface area contributed by atoms with E-state index in [-0.39, 0.29) is 23.1 Å². The van der Waals surface area contributed by atoms with Gasteiger partial charge in [-0.3, -0.25) is 25.1 Å². The Morgan fingerprint density at radius 1 is 1.07 bits per heavy atom. The van der Waals surface area contributed by atoms with Crippen molar-refractivity contribution in [1.82, 2.24) is 4.90 Å². The van der Waals surface area contributed by atoms with Crippen LogP contribution in [-0.4, -0.2) is 41.5 Å². The fourth-order valence-electron chi connectivity index (χ4n) is 3.48. The Kier molecular flexibility index (Phi) is 6.05. The van der Waals surface area contributed by atoms with Crippen LogP contribution in [0.1, 0.15) is 24.4 Å². The lowest BCUT2D eigenvalue weighted by Crippen LogP contribution is -2.31. The molecular formula is C19H22N4O5. The van der Waals surface area contributed by atoms with Crippen molar-refractivity contribution in [3.8, 4) is 5.75 Å². The molecule has 0 radical (unpaired) electrons. The molecule has 28 heavy (non-hydrogen) atoms. The summed E-state index contributed by atoms with van der Waals surface area (Å²) in [6.45, 7) is 2.37. The van der Waals surface area contributed by atoms with E-state index in [1.165, 1.54) is 12.1 Å². The van der Waals surface area contributed by atoms with Crippen molar-refractivity contribution in [1.29, 1.82) is 0 Å². The van der Waals surface area contributed by atoms with E-state index in [2.05, 4.69) is 10.2 Å². The molecule has 1 aliphatic rings. The fraction of sp³-hybridized carbons (Fsp3) is 0.368. The van der Waals surface area contributed by atoms with Crippen molar-refractivity contribution >= 4 is 17.1 Å². The maximum Gasteiger partial charge on any atom is 0.299 e. The Morgan fingerprint density at radius 3 is 2.32 bits per heavy atom. The van der Waals surface area contributed by atoms with E-state index in [1.807, 2.05) is 24.3 Å². The van der Waals surface area contributed by atoms with Gasteiger partial charge in [0.25, 0.3) is 11.4 Å². The van der Waals surface area contributed by atoms with Crippen LogP contribution in [0.4, 0.5) is 17.1 Å². The van der Waals surface area contributed by atoms with E-state index in [4.69, 9.17) is 4.74 Å². The number of anilines is 1. The van der Waals surface area contributed by atoms with Crippen LogP contribution in [0.3, 0.4) is 0 Å². The van der Waals surface area contributed by atoms with Crippen LogP contribution in [-0.2, 0) is 0 Å². The predicted molar refractivity (Wildman–Crippen MR) is 105 cm³/mol. The van der Waals surface area contributed by atoms with E-state index < -0.39 is 9.85 Å². The minimum Gasteiger partial charge on any atom is -0.497 e. The van der Waals surface area contributed by atoms with Gasteiger partial charge in [-0.25, -0.2) is 0 Å². The molecule has 0 aromatic heterocycles. The normalized spacial score (nSPS) is 15.2. The molecule has 9 nitrogen and oxygen atoms in total. The van der Waals surface area contributed by atoms with E-state index in [0.717, 1.165) is 43.3 Å². The maximum atomic E-state index is 11.4. The Balaban J connectivity index is 1.83. The number of hydrogen-bond acceptors (Lipinski definition) is 7. The highest BCUT2D eigenvalue weighted by molar-refractivity contribution is 5.65. The van der Waals surface area contributed by atoms with Gasteiger partial charge in [-0.05, 0) is 49.7 Å². The summed E-state index contributed by atoms with van der Waals surface area (Å²) < 4.78 is 5.22. The molecule has 0 aliphatic carbocycles. The molecule has 3 rings (SSSR count). The second kappa shape index (κ2) is 8.66. The molecule has 0 bridgehead atoms. The van der Waals surface area contributed by atoms with E-state index in [0.29, 0.717) is 6.54 Å². The van der Waals surface area contributed by atoms with Gasteiger partial charge in [-0.15, -0.1) is 0 Å². The van der Waals surface area contributed by atoms with Crippen LogP contribution < -0.4 is 10.1 Å². The summed E-state index contributed by atoms with van der Waals surface area (Å²) in [7, 11) is 1.61. The lowest BCUT2D eigenvalue weighted by Gasteiger charge is -2.28. The molecule has 1 atom stereocenters. The van der Waals surface area contributed by atoms with Gasteiger partial charge >= 0.3 is 0 Å². The Labute approximate surface area is 162 Å². The number of non-ortho nitro benzene ring substituents is 1. The minimum absolute atomic E-state index is 0.0307. The molecule has 0 saturated carbocycles. The molecule has 2 aromatic carbocycles. The summed E-state index contributed by atoms with van der Waals surface area (Å²) in [5, 5.41) is 25.4. The van der Waals surface area contributed by atoms with Crippen molar-refractivity contribution in [3.05, 3.63) is 68.3 Å². The zero-order valence-electron chi connectivity index (χ0n) is 15.5. The number of nitro groups is 2. The first-order valence-electron chi connectivity index (χ1n) is 9.04. The molecular weight excluding hydrogens is 364 g/mol. The molecule has 1 saturated heterocycles. The average molecular weight is 386 g/mol. The van der Waals surface area contributed by atoms with Crippen LogP contribution in [0.25, 0.3) is 0 Å². The van der Waals surface area contributed by atoms with Crippen molar-refractivity contribution in [2.24, 2.45) is 0 Å². The second-order valence-electron chi connectivity index (χ2n) is 6.63. The fourth-order valence-corrected chi connectivity index (χ4v) is 3.48. The van der Waals surface area contributed by atoms with Gasteiger partial charge in [-0.2, -0.15) is 0 Å². The largest absolute Gasteiger partial charge is 0.497 e. The van der Waals surface area contributed by atoms with Crippen molar-refractivity contribution < 1.29 is 14.6 Å². The summed E-state index contributed by atoms with van der Waals surface area (Å²) in [5.74, 6) is 0.767. The molecule has 1 unspecified atom stereocenters. The van der Waals surface area contributed by atoms with Crippen LogP contribution in [0.2, 0.25) is 0 Å². The van der Waals surface area contributed by atoms with E-state index in [1.54, 1.807) is 7.11 Å². The van der Waals surface area contributed by atoms with Gasteiger partial charge in [0.05, 0.1) is 29.1 Å². The minimum atomic E-state index is -0.638. The smallest absolute Gasteiger partial charge is 0.299 e. The van der Waals surface area contributed by atoms with Crippen LogP contribution in [0.5, 0.6) is 5.75 Å². The molecule has 0 spiro atoms. The summed E-state index contributed by atoms with van der Waals surface area (Å²) >= 11 is 0. The second-order valence-corrected chi connectivity index (χ2v) is 6.63. The quantitative estimate of drug-likeness (QED) is 0.543. The van der Waals surface area contributed by atoms with Gasteiger partial charge in [0.1, 0.15) is 11.4 Å². The van der Waals surface area contributed by atoms with Gasteiger partial charge in [0, 0.05) is 12.6 Å². The van der Waals surface area contributed by atoms with Crippen molar-refractivity contribution in [3.63, 3.8) is 0 Å². The molecule has 1 N–H and O–H groups in total. The molecule has 2 aromatic rings. The Hall–Kier alpha value is -3.20. The molecule has 9 heteroatoms. The van der Waals surface area contributed by atoms with E-state index in [9.17, 15) is 20.2 Å². The molecule has 148 valence electrons. The highest BCUT2D eigenvalue weighted by Gasteiger charge is 2.25. The third-order valence-electron chi connectivity index (χ3n) is 4.96. The standard InChI is InChI=1S/C19H22N4O5/c1-28-16-7-4-14(5-8-16)19(21-10-2-3-11-21)13-20-17-9-6-15(22(24)25)12-18(17)23(26)27/h4-9,12,19-20H,2-3,10-11,13H2,1H3. The first-order chi connectivity index (χ1) is 13.5. The van der Waals surface area contributed by atoms with Gasteiger partial charge in [-0.1, -0.05) is 12.1 Å². The number of methoxy groups -OCH3 is 1. The highest BCUT2D eigenvalue weighted by atomic mass is 16.6. The highest BCUT2D eigenvalue weighted by Crippen LogP contribution is 2.31. The van der Waals surface area contributed by atoms with Gasteiger partial charge in [0.15, 0.2) is 0 Å². The van der Waals surface area contributed by atoms with Crippen LogP contribution >= 0.6 is 0 Å². The van der Waals surface area contributed by atoms with E-state index >= 15 is 0 Å². The zero-order chi connectivity index (χ0) is 20.1. The summed E-state index contributed by atoms with van der Waals surface area (Å²) in [5.41, 5.74) is 0.751. The maximum absolute atomic E-state index is 11.4. The lowest BCUT2D eigenvalue weighted by atomic mass is 10.0. The SMILES string of the molecule is COc1ccc(C(CNc2ccc([N+](=O)[O-])cc2[N+](=O)[O-])N2CCCC2)cc1. The third-order valence-corrected chi connectivity index (χ3v) is 4.96. The van der Waals surface area contributed by atoms with Crippen LogP contribution in [0, 0.1) is 20.2 Å². The number of nitro benzene ring substituents is 2. The van der Waals surface area contributed by atoms with Crippen molar-refractivity contribution in [2.45, 2.75) is 18.9 Å². The Morgan fingerprint density at radius 2 is 1.75 bits per heavy atom. The lowest BCUT2D eigenvalue weighted by molar-refractivity contribution is -0.393. The van der Waals surface area contributed by atoms with Crippen molar-refractivity contribution in [2.75, 3.05) is 32.1 Å². The predicted octanol–water partition coefficient (Wildman–Crippen LogP) is 3.76. The molecule has 1 heterocycles. The number of benzene rings is 2. The van der Waals surface area contributed by atoms with Gasteiger partial charge in [0.2, 0.25) is 0 Å². The number of ether oxygens (including phenoxy) is 1. The number of rotatable bonds is 8. The summed E-state index contributed by atoms with van der Waals surface area (Å²) in [4.78, 5) is 23.4. The van der Waals surface area contributed by atoms with Gasteiger partial charge < -0.3 is 10.1 Å². The third kappa shape index (κ3) is 4.37. The Bertz CT molecular complexity index is 850. The average Bonchev–Trinajstić information content (AvgIpc) is 3.23. The number of nitrogens with zero attached hydrogens (tertiary/aromatic N) is 3. The zero-order valence-corrected chi connectivity index (χ0v) is 15.5. The number of nitrogens with one attached hydrogen (secondary N) is 1. The topological polar surface area (TPSA) is 111 Å².